The second-order valence-electron chi connectivity index (χ2n) is 3.73. The number of nitrogens with two attached hydrogens (primary N) is 1. The summed E-state index contributed by atoms with van der Waals surface area (Å²) in [5, 5.41) is 0. The summed E-state index contributed by atoms with van der Waals surface area (Å²) >= 11 is 7.83. The predicted molar refractivity (Wildman–Crippen MR) is 77.1 cm³/mol. The van der Waals surface area contributed by atoms with Gasteiger partial charge in [-0.2, -0.15) is 0 Å². The first-order valence-corrected chi connectivity index (χ1v) is 6.68. The van der Waals surface area contributed by atoms with E-state index in [1.165, 1.54) is 12.1 Å². The van der Waals surface area contributed by atoms with Crippen LogP contribution in [-0.2, 0) is 0 Å². The normalized spacial score (nSPS) is 10.2. The van der Waals surface area contributed by atoms with Crippen molar-refractivity contribution >= 4 is 39.0 Å². The van der Waals surface area contributed by atoms with Crippen molar-refractivity contribution in [2.75, 3.05) is 13.1 Å². The summed E-state index contributed by atoms with van der Waals surface area (Å²) in [5.74, 6) is -0.675. The molecule has 0 atom stereocenters. The third kappa shape index (κ3) is 4.03. The molecular formula is C12H14BrFN2OS. The van der Waals surface area contributed by atoms with Gasteiger partial charge in [0.1, 0.15) is 5.82 Å². The van der Waals surface area contributed by atoms with Crippen LogP contribution in [0.4, 0.5) is 4.39 Å². The maximum atomic E-state index is 13.4. The number of hydrogen-bond acceptors (Lipinski definition) is 2. The molecule has 1 aromatic carbocycles. The molecule has 6 heteroatoms. The summed E-state index contributed by atoms with van der Waals surface area (Å²) < 4.78 is 13.7. The number of amides is 1. The van der Waals surface area contributed by atoms with Gasteiger partial charge >= 0.3 is 0 Å². The highest BCUT2D eigenvalue weighted by Crippen LogP contribution is 2.17. The molecule has 1 aromatic rings. The number of nitrogens with zero attached hydrogens (tertiary/aromatic N) is 1. The summed E-state index contributed by atoms with van der Waals surface area (Å²) in [5.41, 5.74) is 5.73. The third-order valence-corrected chi connectivity index (χ3v) is 3.31. The quantitative estimate of drug-likeness (QED) is 0.843. The van der Waals surface area contributed by atoms with Crippen LogP contribution in [0.3, 0.4) is 0 Å². The van der Waals surface area contributed by atoms with Crippen molar-refractivity contribution in [3.05, 3.63) is 34.1 Å². The molecule has 3 nitrogen and oxygen atoms in total. The Bertz CT molecular complexity index is 467. The molecule has 1 amide bonds. The molecule has 2 N–H and O–H groups in total. The van der Waals surface area contributed by atoms with Crippen LogP contribution in [0.25, 0.3) is 0 Å². The average molecular weight is 333 g/mol. The molecule has 0 saturated heterocycles. The fourth-order valence-corrected chi connectivity index (χ4v) is 1.80. The second kappa shape index (κ2) is 6.80. The van der Waals surface area contributed by atoms with Crippen molar-refractivity contribution in [3.8, 4) is 0 Å². The van der Waals surface area contributed by atoms with Gasteiger partial charge in [-0.3, -0.25) is 4.79 Å². The molecule has 0 aliphatic heterocycles. The van der Waals surface area contributed by atoms with Crippen LogP contribution in [0, 0.1) is 5.82 Å². The maximum absolute atomic E-state index is 13.4. The van der Waals surface area contributed by atoms with E-state index in [0.29, 0.717) is 34.5 Å². The second-order valence-corrected chi connectivity index (χ2v) is 5.11. The van der Waals surface area contributed by atoms with Crippen LogP contribution in [0.1, 0.15) is 23.7 Å². The first kappa shape index (κ1) is 15.0. The van der Waals surface area contributed by atoms with E-state index in [2.05, 4.69) is 15.9 Å². The van der Waals surface area contributed by atoms with Gasteiger partial charge in [0.05, 0.1) is 9.46 Å². The molecule has 0 unspecified atom stereocenters. The van der Waals surface area contributed by atoms with Crippen molar-refractivity contribution in [1.29, 1.82) is 0 Å². The number of rotatable bonds is 5. The summed E-state index contributed by atoms with van der Waals surface area (Å²) in [6.07, 6.45) is 0.466. The van der Waals surface area contributed by atoms with Gasteiger partial charge in [0, 0.05) is 25.1 Å². The zero-order chi connectivity index (χ0) is 13.7. The Morgan fingerprint density at radius 1 is 1.56 bits per heavy atom. The Labute approximate surface area is 119 Å². The third-order valence-electron chi connectivity index (χ3n) is 2.46. The molecule has 0 aromatic heterocycles. The van der Waals surface area contributed by atoms with Crippen LogP contribution in [-0.4, -0.2) is 28.9 Å². The SMILES string of the molecule is CCN(CCC(N)=S)C(=O)c1ccc(Br)c(F)c1. The minimum Gasteiger partial charge on any atom is -0.393 e. The molecule has 0 aliphatic rings. The van der Waals surface area contributed by atoms with E-state index in [1.54, 1.807) is 11.0 Å². The van der Waals surface area contributed by atoms with Gasteiger partial charge in [0.15, 0.2) is 0 Å². The van der Waals surface area contributed by atoms with Crippen molar-refractivity contribution in [2.45, 2.75) is 13.3 Å². The topological polar surface area (TPSA) is 46.3 Å². The fraction of sp³-hybridized carbons (Fsp3) is 0.333. The predicted octanol–water partition coefficient (Wildman–Crippen LogP) is 2.73. The Hall–Kier alpha value is -1.01. The molecule has 0 spiro atoms. The van der Waals surface area contributed by atoms with Crippen LogP contribution in [0.5, 0.6) is 0 Å². The minimum atomic E-state index is -0.453. The van der Waals surface area contributed by atoms with Gasteiger partial charge in [0.25, 0.3) is 5.91 Å². The van der Waals surface area contributed by atoms with E-state index in [1.807, 2.05) is 6.92 Å². The van der Waals surface area contributed by atoms with E-state index in [4.69, 9.17) is 18.0 Å². The van der Waals surface area contributed by atoms with E-state index in [-0.39, 0.29) is 5.91 Å². The number of halogens is 2. The molecule has 98 valence electrons. The summed E-state index contributed by atoms with van der Waals surface area (Å²) in [7, 11) is 0. The summed E-state index contributed by atoms with van der Waals surface area (Å²) in [4.78, 5) is 14.1. The summed E-state index contributed by atoms with van der Waals surface area (Å²) in [6.45, 7) is 2.83. The zero-order valence-electron chi connectivity index (χ0n) is 9.95. The zero-order valence-corrected chi connectivity index (χ0v) is 12.4. The fourth-order valence-electron chi connectivity index (χ4n) is 1.46. The molecular weight excluding hydrogens is 319 g/mol. The lowest BCUT2D eigenvalue weighted by atomic mass is 10.2. The molecule has 0 fully saturated rings. The molecule has 0 bridgehead atoms. The molecule has 0 radical (unpaired) electrons. The average Bonchev–Trinajstić information content (AvgIpc) is 2.32. The van der Waals surface area contributed by atoms with Crippen molar-refractivity contribution < 1.29 is 9.18 Å². The van der Waals surface area contributed by atoms with Gasteiger partial charge in [0.2, 0.25) is 0 Å². The number of carbonyl (C=O) groups excluding carboxylic acids is 1. The van der Waals surface area contributed by atoms with Crippen molar-refractivity contribution in [3.63, 3.8) is 0 Å². The number of carbonyl (C=O) groups is 1. The van der Waals surface area contributed by atoms with Crippen LogP contribution >= 0.6 is 28.1 Å². The van der Waals surface area contributed by atoms with Crippen molar-refractivity contribution in [2.24, 2.45) is 5.73 Å². The molecule has 0 aliphatic carbocycles. The van der Waals surface area contributed by atoms with Gasteiger partial charge in [-0.05, 0) is 41.1 Å². The highest BCUT2D eigenvalue weighted by Gasteiger charge is 2.15. The van der Waals surface area contributed by atoms with E-state index >= 15 is 0 Å². The molecule has 0 heterocycles. The van der Waals surface area contributed by atoms with E-state index in [0.717, 1.165) is 0 Å². The van der Waals surface area contributed by atoms with Crippen LogP contribution in [0.2, 0.25) is 0 Å². The summed E-state index contributed by atoms with van der Waals surface area (Å²) in [6, 6.07) is 4.32. The standard InChI is InChI=1S/C12H14BrFN2OS/c1-2-16(6-5-11(15)18)12(17)8-3-4-9(13)10(14)7-8/h3-4,7H,2,5-6H2,1H3,(H2,15,18). The number of thiocarbonyl (C=S) groups is 1. The lowest BCUT2D eigenvalue weighted by molar-refractivity contribution is 0.0768. The molecule has 18 heavy (non-hydrogen) atoms. The van der Waals surface area contributed by atoms with Gasteiger partial charge in [-0.15, -0.1) is 0 Å². The highest BCUT2D eigenvalue weighted by molar-refractivity contribution is 9.10. The molecule has 1 rings (SSSR count). The first-order chi connectivity index (χ1) is 8.45. The molecule has 0 saturated carbocycles. The number of hydrogen-bond donors (Lipinski definition) is 1. The lowest BCUT2D eigenvalue weighted by Gasteiger charge is -2.20. The van der Waals surface area contributed by atoms with Crippen molar-refractivity contribution in [1.82, 2.24) is 4.90 Å². The Morgan fingerprint density at radius 3 is 2.72 bits per heavy atom. The van der Waals surface area contributed by atoms with Crippen LogP contribution in [0.15, 0.2) is 22.7 Å². The van der Waals surface area contributed by atoms with E-state index < -0.39 is 5.82 Å². The van der Waals surface area contributed by atoms with Gasteiger partial charge < -0.3 is 10.6 Å². The smallest absolute Gasteiger partial charge is 0.253 e. The lowest BCUT2D eigenvalue weighted by Crippen LogP contribution is -2.33. The maximum Gasteiger partial charge on any atom is 0.253 e. The Kier molecular flexibility index (Phi) is 5.68. The minimum absolute atomic E-state index is 0.222. The largest absolute Gasteiger partial charge is 0.393 e. The van der Waals surface area contributed by atoms with Gasteiger partial charge in [-0.25, -0.2) is 4.39 Å². The Balaban J connectivity index is 2.82. The van der Waals surface area contributed by atoms with Crippen LogP contribution < -0.4 is 5.73 Å². The monoisotopic (exact) mass is 332 g/mol. The number of benzene rings is 1. The Morgan fingerprint density at radius 2 is 2.22 bits per heavy atom. The van der Waals surface area contributed by atoms with E-state index in [9.17, 15) is 9.18 Å². The highest BCUT2D eigenvalue weighted by atomic mass is 79.9. The van der Waals surface area contributed by atoms with Gasteiger partial charge in [-0.1, -0.05) is 12.2 Å². The first-order valence-electron chi connectivity index (χ1n) is 5.48.